The Hall–Kier alpha value is -7.58. The SMILES string of the molecule is NNC(CCC(=O)O)C(=O)NC(CCC(=O)O)C(=O)NC(CCC(=O)O)C(=O)NNNC(CCC(=O)O)C(=O)NC(CCC(=O)O)C(=O)NC(CCC(=O)O)C(=O)NC(CCC(=O)O)C(N)=O. The molecule has 0 fully saturated rings. The first-order chi connectivity index (χ1) is 31.3. The molecule has 32 heteroatoms. The van der Waals surface area contributed by atoms with Gasteiger partial charge in [0.2, 0.25) is 35.4 Å². The van der Waals surface area contributed by atoms with Crippen LogP contribution in [0.25, 0.3) is 0 Å². The van der Waals surface area contributed by atoms with E-state index in [0.717, 1.165) is 0 Å². The van der Waals surface area contributed by atoms with Crippen LogP contribution in [-0.4, -0.2) is 161 Å². The zero-order valence-electron chi connectivity index (χ0n) is 35.4. The van der Waals surface area contributed by atoms with Gasteiger partial charge in [-0.1, -0.05) is 0 Å². The van der Waals surface area contributed by atoms with Crippen molar-refractivity contribution in [2.45, 2.75) is 132 Å². The van der Waals surface area contributed by atoms with E-state index < -0.39 is 209 Å². The number of carbonyl (C=O) groups excluding carboxylic acids is 7. The summed E-state index contributed by atoms with van der Waals surface area (Å²) in [5.74, 6) is -13.2. The normalized spacial score (nSPS) is 13.9. The molecule has 0 aliphatic heterocycles. The number of carbonyl (C=O) groups is 14. The molecule has 7 unspecified atom stereocenters. The van der Waals surface area contributed by atoms with Gasteiger partial charge in [-0.05, 0) is 44.9 Å². The third-order valence-corrected chi connectivity index (χ3v) is 8.99. The van der Waals surface area contributed by atoms with E-state index in [9.17, 15) is 92.7 Å². The van der Waals surface area contributed by atoms with Gasteiger partial charge in [-0.3, -0.25) is 78.4 Å². The van der Waals surface area contributed by atoms with Gasteiger partial charge in [-0.2, -0.15) is 5.53 Å². The number of hydrazine groups is 3. The molecule has 7 atom stereocenters. The largest absolute Gasteiger partial charge is 0.481 e. The minimum atomic E-state index is -1.87. The van der Waals surface area contributed by atoms with Gasteiger partial charge in [0.25, 0.3) is 5.91 Å². The zero-order valence-corrected chi connectivity index (χ0v) is 35.4. The summed E-state index contributed by atoms with van der Waals surface area (Å²) < 4.78 is 0. The van der Waals surface area contributed by atoms with E-state index in [-0.39, 0.29) is 6.42 Å². The first-order valence-electron chi connectivity index (χ1n) is 19.9. The maximum atomic E-state index is 13.5. The maximum Gasteiger partial charge on any atom is 0.303 e. The highest BCUT2D eigenvalue weighted by Gasteiger charge is 2.33. The molecule has 67 heavy (non-hydrogen) atoms. The molecule has 0 saturated carbocycles. The van der Waals surface area contributed by atoms with E-state index >= 15 is 0 Å². The van der Waals surface area contributed by atoms with Crippen LogP contribution in [0.5, 0.6) is 0 Å². The van der Waals surface area contributed by atoms with Crippen molar-refractivity contribution in [2.24, 2.45) is 11.6 Å². The highest BCUT2D eigenvalue weighted by Crippen LogP contribution is 2.08. The molecule has 0 heterocycles. The molecule has 20 N–H and O–H groups in total. The molecule has 0 saturated heterocycles. The van der Waals surface area contributed by atoms with Crippen molar-refractivity contribution in [3.63, 3.8) is 0 Å². The molecule has 376 valence electrons. The lowest BCUT2D eigenvalue weighted by Gasteiger charge is -2.26. The molecule has 32 nitrogen and oxygen atoms in total. The van der Waals surface area contributed by atoms with Gasteiger partial charge in [-0.15, -0.1) is 0 Å². The predicted molar refractivity (Wildman–Crippen MR) is 216 cm³/mol. The average molecular weight is 966 g/mol. The minimum absolute atomic E-state index is 0.373. The zero-order chi connectivity index (χ0) is 51.4. The second kappa shape index (κ2) is 31.3. The lowest BCUT2D eigenvalue weighted by Crippen LogP contribution is -2.62. The fraction of sp³-hybridized carbons (Fsp3) is 0.600. The molecule has 0 spiro atoms. The third kappa shape index (κ3) is 26.7. The topological polar surface area (TPSA) is 541 Å². The van der Waals surface area contributed by atoms with Crippen molar-refractivity contribution >= 4 is 83.1 Å². The predicted octanol–water partition coefficient (Wildman–Crippen LogP) is -6.72. The maximum absolute atomic E-state index is 13.5. The summed E-state index contributed by atoms with van der Waals surface area (Å²) in [5.41, 5.74) is 13.5. The Labute approximate surface area is 378 Å². The van der Waals surface area contributed by atoms with Crippen molar-refractivity contribution in [2.75, 3.05) is 0 Å². The molecular weight excluding hydrogens is 910 g/mol. The van der Waals surface area contributed by atoms with Crippen LogP contribution in [-0.2, 0) is 67.1 Å². The standard InChI is InChI=1S/C35H55N11O21/c36-29(61)15(1-8-22(47)48)38-30(62)16(2-9-23(49)50)39-31(63)18(4-11-25(53)54)41-34(66)21(7-14-28(59)60)44-46-45-35(67)19(5-12-26(55)56)42-32(64)17(3-10-24(51)52)40-33(65)20(43-37)6-13-27(57)58/h15-21,43-44,46H,1-14,37H2,(H2,36,61)(H,38,62)(H,39,63)(H,40,65)(H,41,66)(H,42,64)(H,45,67)(H,47,48)(H,49,50)(H,51,52)(H,53,54)(H,55,56)(H,57,58)(H,59,60). The summed E-state index contributed by atoms with van der Waals surface area (Å²) in [4.78, 5) is 170. The Bertz CT molecular complexity index is 1830. The Kier molecular flexibility index (Phi) is 27.8. The molecule has 0 aliphatic rings. The van der Waals surface area contributed by atoms with Crippen LogP contribution in [0, 0.1) is 0 Å². The molecule has 7 amide bonds. The van der Waals surface area contributed by atoms with Crippen LogP contribution in [0.1, 0.15) is 89.9 Å². The van der Waals surface area contributed by atoms with Crippen LogP contribution in [0.2, 0.25) is 0 Å². The van der Waals surface area contributed by atoms with Crippen molar-refractivity contribution in [1.29, 1.82) is 0 Å². The highest BCUT2D eigenvalue weighted by molar-refractivity contribution is 5.96. The van der Waals surface area contributed by atoms with Gasteiger partial charge in [0.1, 0.15) is 42.3 Å². The average Bonchev–Trinajstić information content (AvgIpc) is 3.22. The first kappa shape index (κ1) is 59.4. The molecule has 0 aliphatic carbocycles. The molecule has 0 aromatic rings. The van der Waals surface area contributed by atoms with Crippen molar-refractivity contribution < 1.29 is 103 Å². The number of carboxylic acids is 7. The molecular formula is C35H55N11O21. The Balaban J connectivity index is 6.39. The van der Waals surface area contributed by atoms with Crippen LogP contribution in [0.15, 0.2) is 0 Å². The summed E-state index contributed by atoms with van der Waals surface area (Å²) in [6.45, 7) is 0. The van der Waals surface area contributed by atoms with Gasteiger partial charge < -0.3 is 68.1 Å². The number of nitrogens with two attached hydrogens (primary N) is 2. The van der Waals surface area contributed by atoms with E-state index in [4.69, 9.17) is 21.8 Å². The summed E-state index contributed by atoms with van der Waals surface area (Å²) in [6.07, 6.45) is -9.18. The third-order valence-electron chi connectivity index (χ3n) is 8.99. The number of primary amides is 1. The first-order valence-corrected chi connectivity index (χ1v) is 19.9. The fourth-order valence-electron chi connectivity index (χ4n) is 5.43. The number of aliphatic carboxylic acids is 7. The van der Waals surface area contributed by atoms with Crippen LogP contribution >= 0.6 is 0 Å². The van der Waals surface area contributed by atoms with Gasteiger partial charge >= 0.3 is 41.8 Å². The quantitative estimate of drug-likeness (QED) is 0.0203. The summed E-state index contributed by atoms with van der Waals surface area (Å²) in [5, 5.41) is 74.8. The number of amides is 7. The van der Waals surface area contributed by atoms with Crippen LogP contribution in [0.3, 0.4) is 0 Å². The van der Waals surface area contributed by atoms with Crippen molar-refractivity contribution in [3.05, 3.63) is 0 Å². The van der Waals surface area contributed by atoms with E-state index in [1.807, 2.05) is 10.9 Å². The second-order valence-corrected chi connectivity index (χ2v) is 14.3. The molecule has 0 radical (unpaired) electrons. The summed E-state index contributed by atoms with van der Waals surface area (Å²) >= 11 is 0. The number of hydrogen-bond donors (Lipinski definition) is 18. The molecule has 0 aromatic heterocycles. The Morgan fingerprint density at radius 2 is 0.552 bits per heavy atom. The van der Waals surface area contributed by atoms with Gasteiger partial charge in [0.15, 0.2) is 0 Å². The summed E-state index contributed by atoms with van der Waals surface area (Å²) in [7, 11) is 0. The van der Waals surface area contributed by atoms with Gasteiger partial charge in [-0.25, -0.2) is 10.9 Å². The monoisotopic (exact) mass is 965 g/mol. The van der Waals surface area contributed by atoms with E-state index in [1.165, 1.54) is 0 Å². The van der Waals surface area contributed by atoms with Crippen LogP contribution in [0.4, 0.5) is 0 Å². The minimum Gasteiger partial charge on any atom is -0.481 e. The highest BCUT2D eigenvalue weighted by atomic mass is 16.4. The van der Waals surface area contributed by atoms with Gasteiger partial charge in [0, 0.05) is 44.9 Å². The lowest BCUT2D eigenvalue weighted by molar-refractivity contribution is -0.140. The lowest BCUT2D eigenvalue weighted by atomic mass is 10.0. The Morgan fingerprint density at radius 3 is 0.836 bits per heavy atom. The number of nitrogens with one attached hydrogen (secondary N) is 9. The molecule has 0 bridgehead atoms. The number of hydrogen-bond acceptors (Lipinski definition) is 18. The van der Waals surface area contributed by atoms with Crippen molar-refractivity contribution in [1.82, 2.24) is 48.4 Å². The number of carboxylic acid groups (broad SMARTS) is 7. The van der Waals surface area contributed by atoms with Crippen molar-refractivity contribution in [3.8, 4) is 0 Å². The second-order valence-electron chi connectivity index (χ2n) is 14.3. The number of rotatable bonds is 37. The molecule has 0 aromatic carbocycles. The summed E-state index contributed by atoms with van der Waals surface area (Å²) in [6, 6.07) is -11.9. The molecule has 0 rings (SSSR count). The Morgan fingerprint density at radius 1 is 0.328 bits per heavy atom. The van der Waals surface area contributed by atoms with E-state index in [0.29, 0.717) is 0 Å². The van der Waals surface area contributed by atoms with E-state index in [2.05, 4.69) is 37.5 Å². The smallest absolute Gasteiger partial charge is 0.303 e. The van der Waals surface area contributed by atoms with Crippen LogP contribution < -0.4 is 60.0 Å². The van der Waals surface area contributed by atoms with E-state index in [1.54, 1.807) is 0 Å². The van der Waals surface area contributed by atoms with Gasteiger partial charge in [0.05, 0.1) is 0 Å². The fourth-order valence-corrected chi connectivity index (χ4v) is 5.43.